The van der Waals surface area contributed by atoms with Crippen LogP contribution in [0.25, 0.3) is 0 Å². The maximum atomic E-state index is 12.0. The molecule has 0 aromatic heterocycles. The van der Waals surface area contributed by atoms with Crippen molar-refractivity contribution in [2.75, 3.05) is 5.32 Å². The lowest BCUT2D eigenvalue weighted by atomic mass is 10.0. The first-order valence-corrected chi connectivity index (χ1v) is 6.83. The number of hydrogen-bond donors (Lipinski definition) is 3. The van der Waals surface area contributed by atoms with Crippen LogP contribution in [0.1, 0.15) is 48.5 Å². The van der Waals surface area contributed by atoms with Gasteiger partial charge in [0.2, 0.25) is 0 Å². The molecule has 2 rings (SSSR count). The molecular weight excluding hydrogens is 256 g/mol. The summed E-state index contributed by atoms with van der Waals surface area (Å²) < 4.78 is 0. The third-order valence-electron chi connectivity index (χ3n) is 3.85. The predicted octanol–water partition coefficient (Wildman–Crippen LogP) is 3.15. The third-order valence-corrected chi connectivity index (χ3v) is 3.85. The molecule has 1 aromatic rings. The largest absolute Gasteiger partial charge is 0.478 e. The predicted molar refractivity (Wildman–Crippen MR) is 77.2 cm³/mol. The number of nitrogens with one attached hydrogen (secondary N) is 2. The van der Waals surface area contributed by atoms with Gasteiger partial charge in [-0.15, -0.1) is 0 Å². The third kappa shape index (κ3) is 3.29. The van der Waals surface area contributed by atoms with Crippen molar-refractivity contribution in [2.24, 2.45) is 0 Å². The topological polar surface area (TPSA) is 78.4 Å². The lowest BCUT2D eigenvalue weighted by Crippen LogP contribution is -2.45. The van der Waals surface area contributed by atoms with E-state index in [-0.39, 0.29) is 17.1 Å². The first-order valence-electron chi connectivity index (χ1n) is 6.83. The summed E-state index contributed by atoms with van der Waals surface area (Å²) in [4.78, 5) is 23.0. The van der Waals surface area contributed by atoms with Gasteiger partial charge in [-0.05, 0) is 44.4 Å². The molecule has 1 aliphatic rings. The van der Waals surface area contributed by atoms with Crippen molar-refractivity contribution in [1.29, 1.82) is 0 Å². The Hall–Kier alpha value is -2.04. The van der Waals surface area contributed by atoms with Gasteiger partial charge in [0.1, 0.15) is 0 Å². The van der Waals surface area contributed by atoms with E-state index in [4.69, 9.17) is 5.11 Å². The van der Waals surface area contributed by atoms with Crippen LogP contribution >= 0.6 is 0 Å². The van der Waals surface area contributed by atoms with E-state index in [2.05, 4.69) is 10.6 Å². The number of carboxylic acids is 1. The van der Waals surface area contributed by atoms with Gasteiger partial charge in [-0.2, -0.15) is 0 Å². The van der Waals surface area contributed by atoms with Crippen LogP contribution in [0.3, 0.4) is 0 Å². The molecule has 108 valence electrons. The van der Waals surface area contributed by atoms with E-state index in [9.17, 15) is 9.59 Å². The minimum absolute atomic E-state index is 0.148. The fourth-order valence-corrected chi connectivity index (χ4v) is 2.65. The van der Waals surface area contributed by atoms with Crippen molar-refractivity contribution in [3.63, 3.8) is 0 Å². The smallest absolute Gasteiger partial charge is 0.336 e. The van der Waals surface area contributed by atoms with Crippen LogP contribution in [-0.2, 0) is 0 Å². The van der Waals surface area contributed by atoms with Gasteiger partial charge in [0.15, 0.2) is 0 Å². The number of aryl methyl sites for hydroxylation is 1. The van der Waals surface area contributed by atoms with Gasteiger partial charge in [-0.1, -0.05) is 18.9 Å². The van der Waals surface area contributed by atoms with Crippen molar-refractivity contribution >= 4 is 17.7 Å². The summed E-state index contributed by atoms with van der Waals surface area (Å²) in [6, 6.07) is 4.60. The molecule has 2 amide bonds. The monoisotopic (exact) mass is 276 g/mol. The Morgan fingerprint density at radius 3 is 2.50 bits per heavy atom. The van der Waals surface area contributed by atoms with Crippen LogP contribution in [0, 0.1) is 6.92 Å². The quantitative estimate of drug-likeness (QED) is 0.793. The van der Waals surface area contributed by atoms with Gasteiger partial charge in [-0.3, -0.25) is 0 Å². The van der Waals surface area contributed by atoms with E-state index >= 15 is 0 Å². The molecule has 5 nitrogen and oxygen atoms in total. The van der Waals surface area contributed by atoms with Crippen LogP contribution in [0.2, 0.25) is 0 Å². The summed E-state index contributed by atoms with van der Waals surface area (Å²) >= 11 is 0. The maximum absolute atomic E-state index is 12.0. The zero-order chi connectivity index (χ0) is 14.8. The fraction of sp³-hybridized carbons (Fsp3) is 0.467. The van der Waals surface area contributed by atoms with E-state index < -0.39 is 5.97 Å². The molecule has 0 radical (unpaired) electrons. The summed E-state index contributed by atoms with van der Waals surface area (Å²) in [5.41, 5.74) is 1.22. The first-order chi connectivity index (χ1) is 9.39. The molecule has 1 aromatic carbocycles. The Morgan fingerprint density at radius 1 is 1.25 bits per heavy atom. The zero-order valence-electron chi connectivity index (χ0n) is 11.8. The van der Waals surface area contributed by atoms with E-state index in [1.54, 1.807) is 19.1 Å². The Kier molecular flexibility index (Phi) is 3.97. The minimum atomic E-state index is -0.991. The summed E-state index contributed by atoms with van der Waals surface area (Å²) in [7, 11) is 0. The normalized spacial score (nSPS) is 16.7. The van der Waals surface area contributed by atoms with Crippen LogP contribution in [0.5, 0.6) is 0 Å². The Balaban J connectivity index is 2.04. The van der Waals surface area contributed by atoms with Gasteiger partial charge < -0.3 is 15.7 Å². The number of carbonyl (C=O) groups is 2. The van der Waals surface area contributed by atoms with E-state index in [1.165, 1.54) is 6.07 Å². The van der Waals surface area contributed by atoms with Crippen molar-refractivity contribution in [3.05, 3.63) is 29.3 Å². The summed E-state index contributed by atoms with van der Waals surface area (Å²) in [6.45, 7) is 3.77. The highest BCUT2D eigenvalue weighted by atomic mass is 16.4. The molecule has 0 saturated heterocycles. The van der Waals surface area contributed by atoms with Crippen LogP contribution < -0.4 is 10.6 Å². The van der Waals surface area contributed by atoms with Gasteiger partial charge >= 0.3 is 12.0 Å². The standard InChI is InChI=1S/C15H20N2O3/c1-10-5-6-11(9-12(10)13(18)19)16-14(20)17-15(2)7-3-4-8-15/h5-6,9H,3-4,7-8H2,1-2H3,(H,18,19)(H2,16,17,20). The fourth-order valence-electron chi connectivity index (χ4n) is 2.65. The highest BCUT2D eigenvalue weighted by molar-refractivity contribution is 5.94. The zero-order valence-corrected chi connectivity index (χ0v) is 11.8. The summed E-state index contributed by atoms with van der Waals surface area (Å²) in [5, 5.41) is 14.7. The van der Waals surface area contributed by atoms with Gasteiger partial charge in [-0.25, -0.2) is 9.59 Å². The minimum Gasteiger partial charge on any atom is -0.478 e. The lowest BCUT2D eigenvalue weighted by molar-refractivity contribution is 0.0696. The number of amides is 2. The first kappa shape index (κ1) is 14.4. The molecular formula is C15H20N2O3. The molecule has 3 N–H and O–H groups in total. The van der Waals surface area contributed by atoms with E-state index in [1.807, 2.05) is 6.92 Å². The molecule has 20 heavy (non-hydrogen) atoms. The number of aromatic carboxylic acids is 1. The highest BCUT2D eigenvalue weighted by Crippen LogP contribution is 2.28. The molecule has 1 saturated carbocycles. The van der Waals surface area contributed by atoms with Crippen molar-refractivity contribution in [1.82, 2.24) is 5.32 Å². The Morgan fingerprint density at radius 2 is 1.90 bits per heavy atom. The van der Waals surface area contributed by atoms with Crippen molar-refractivity contribution in [2.45, 2.75) is 45.1 Å². The number of benzene rings is 1. The summed E-state index contributed by atoms with van der Waals surface area (Å²) in [5.74, 6) is -0.991. The van der Waals surface area contributed by atoms with Crippen LogP contribution in [0.4, 0.5) is 10.5 Å². The molecule has 0 unspecified atom stereocenters. The second-order valence-electron chi connectivity index (χ2n) is 5.68. The van der Waals surface area contributed by atoms with E-state index in [0.29, 0.717) is 11.3 Å². The molecule has 1 aliphatic carbocycles. The van der Waals surface area contributed by atoms with E-state index in [0.717, 1.165) is 25.7 Å². The average molecular weight is 276 g/mol. The van der Waals surface area contributed by atoms with Crippen molar-refractivity contribution in [3.8, 4) is 0 Å². The molecule has 1 fully saturated rings. The Labute approximate surface area is 118 Å². The highest BCUT2D eigenvalue weighted by Gasteiger charge is 2.30. The second kappa shape index (κ2) is 5.53. The number of carboxylic acid groups (broad SMARTS) is 1. The molecule has 0 bridgehead atoms. The molecule has 0 spiro atoms. The van der Waals surface area contributed by atoms with Crippen molar-refractivity contribution < 1.29 is 14.7 Å². The van der Waals surface area contributed by atoms with Gasteiger partial charge in [0.25, 0.3) is 0 Å². The second-order valence-corrected chi connectivity index (χ2v) is 5.68. The Bertz CT molecular complexity index is 534. The number of carbonyl (C=O) groups excluding carboxylic acids is 1. The number of urea groups is 1. The summed E-state index contributed by atoms with van der Waals surface area (Å²) in [6.07, 6.45) is 4.22. The maximum Gasteiger partial charge on any atom is 0.336 e. The molecule has 0 aliphatic heterocycles. The van der Waals surface area contributed by atoms with Gasteiger partial charge in [0.05, 0.1) is 5.56 Å². The number of hydrogen-bond acceptors (Lipinski definition) is 2. The van der Waals surface area contributed by atoms with Gasteiger partial charge in [0, 0.05) is 11.2 Å². The molecule has 0 atom stereocenters. The average Bonchev–Trinajstić information content (AvgIpc) is 2.77. The molecule has 0 heterocycles. The lowest BCUT2D eigenvalue weighted by Gasteiger charge is -2.25. The number of rotatable bonds is 3. The van der Waals surface area contributed by atoms with Crippen LogP contribution in [-0.4, -0.2) is 22.6 Å². The molecule has 5 heteroatoms. The number of anilines is 1. The van der Waals surface area contributed by atoms with Crippen LogP contribution in [0.15, 0.2) is 18.2 Å². The SMILES string of the molecule is Cc1ccc(NC(=O)NC2(C)CCCC2)cc1C(=O)O.